The van der Waals surface area contributed by atoms with E-state index < -0.39 is 0 Å². The Morgan fingerprint density at radius 3 is 2.96 bits per heavy atom. The standard InChI is InChI=1S/C18H23N3O3/c1-2-13(12-22-5-1)9-19-10-15-11-20-21-18(15)14-3-4-16-17(8-14)24-7-6-23-16/h3-4,8,11,13,19H,1-2,5-7,9-10,12H2,(H,20,21)/t13-/m0/s1. The lowest BCUT2D eigenvalue weighted by Gasteiger charge is -2.22. The Bertz CT molecular complexity index is 680. The summed E-state index contributed by atoms with van der Waals surface area (Å²) in [5.41, 5.74) is 3.25. The molecule has 2 aliphatic rings. The second kappa shape index (κ2) is 7.23. The molecule has 0 bridgehead atoms. The van der Waals surface area contributed by atoms with Gasteiger partial charge in [-0.1, -0.05) is 0 Å². The van der Waals surface area contributed by atoms with E-state index >= 15 is 0 Å². The predicted octanol–water partition coefficient (Wildman–Crippen LogP) is 2.36. The van der Waals surface area contributed by atoms with Gasteiger partial charge in [0.15, 0.2) is 11.5 Å². The van der Waals surface area contributed by atoms with Crippen LogP contribution in [0.3, 0.4) is 0 Å². The van der Waals surface area contributed by atoms with E-state index in [0.29, 0.717) is 19.1 Å². The highest BCUT2D eigenvalue weighted by Gasteiger charge is 2.16. The lowest BCUT2D eigenvalue weighted by molar-refractivity contribution is 0.0547. The first-order valence-electron chi connectivity index (χ1n) is 8.61. The molecule has 4 rings (SSSR count). The Morgan fingerprint density at radius 2 is 2.08 bits per heavy atom. The molecular weight excluding hydrogens is 306 g/mol. The molecule has 0 spiro atoms. The normalized spacial score (nSPS) is 20.1. The van der Waals surface area contributed by atoms with E-state index in [9.17, 15) is 0 Å². The first-order chi connectivity index (χ1) is 11.9. The summed E-state index contributed by atoms with van der Waals surface area (Å²) in [7, 11) is 0. The number of H-pyrrole nitrogens is 1. The minimum absolute atomic E-state index is 0.595. The van der Waals surface area contributed by atoms with Crippen LogP contribution in [-0.4, -0.2) is 43.2 Å². The molecule has 6 heteroatoms. The Kier molecular flexibility index (Phi) is 4.66. The van der Waals surface area contributed by atoms with Crippen molar-refractivity contribution in [2.75, 3.05) is 33.0 Å². The van der Waals surface area contributed by atoms with Crippen molar-refractivity contribution >= 4 is 0 Å². The van der Waals surface area contributed by atoms with Crippen molar-refractivity contribution in [3.63, 3.8) is 0 Å². The smallest absolute Gasteiger partial charge is 0.162 e. The van der Waals surface area contributed by atoms with Gasteiger partial charge >= 0.3 is 0 Å². The number of fused-ring (bicyclic) bond motifs is 1. The van der Waals surface area contributed by atoms with Crippen LogP contribution in [-0.2, 0) is 11.3 Å². The van der Waals surface area contributed by atoms with Gasteiger partial charge in [-0.3, -0.25) is 5.10 Å². The summed E-state index contributed by atoms with van der Waals surface area (Å²) >= 11 is 0. The second-order valence-corrected chi connectivity index (χ2v) is 6.34. The number of ether oxygens (including phenoxy) is 3. The number of nitrogens with one attached hydrogen (secondary N) is 2. The van der Waals surface area contributed by atoms with Crippen LogP contribution in [0, 0.1) is 5.92 Å². The van der Waals surface area contributed by atoms with Crippen LogP contribution in [0.5, 0.6) is 11.5 Å². The summed E-state index contributed by atoms with van der Waals surface area (Å²) in [6.45, 7) is 4.75. The van der Waals surface area contributed by atoms with Gasteiger partial charge < -0.3 is 19.5 Å². The molecule has 0 radical (unpaired) electrons. The van der Waals surface area contributed by atoms with Crippen LogP contribution >= 0.6 is 0 Å². The fourth-order valence-electron chi connectivity index (χ4n) is 3.27. The Morgan fingerprint density at radius 1 is 1.17 bits per heavy atom. The monoisotopic (exact) mass is 329 g/mol. The van der Waals surface area contributed by atoms with Crippen LogP contribution in [0.4, 0.5) is 0 Å². The van der Waals surface area contributed by atoms with Crippen molar-refractivity contribution in [3.05, 3.63) is 30.0 Å². The van der Waals surface area contributed by atoms with Gasteiger partial charge in [0.1, 0.15) is 13.2 Å². The van der Waals surface area contributed by atoms with Gasteiger partial charge in [-0.2, -0.15) is 5.10 Å². The summed E-state index contributed by atoms with van der Waals surface area (Å²) in [4.78, 5) is 0. The molecule has 3 heterocycles. The molecule has 0 aliphatic carbocycles. The van der Waals surface area contributed by atoms with Crippen molar-refractivity contribution in [2.45, 2.75) is 19.4 Å². The molecule has 1 aromatic heterocycles. The maximum Gasteiger partial charge on any atom is 0.162 e. The van der Waals surface area contributed by atoms with Gasteiger partial charge in [0.2, 0.25) is 0 Å². The molecule has 0 amide bonds. The fourth-order valence-corrected chi connectivity index (χ4v) is 3.27. The van der Waals surface area contributed by atoms with E-state index in [1.54, 1.807) is 0 Å². The number of benzene rings is 1. The third-order valence-electron chi connectivity index (χ3n) is 4.55. The molecule has 0 unspecified atom stereocenters. The number of rotatable bonds is 5. The number of aromatic nitrogens is 2. The third-order valence-corrected chi connectivity index (χ3v) is 4.55. The van der Waals surface area contributed by atoms with Crippen molar-refractivity contribution in [1.29, 1.82) is 0 Å². The molecule has 2 N–H and O–H groups in total. The fraction of sp³-hybridized carbons (Fsp3) is 0.500. The Labute approximate surface area is 141 Å². The second-order valence-electron chi connectivity index (χ2n) is 6.34. The number of aromatic amines is 1. The van der Waals surface area contributed by atoms with E-state index in [0.717, 1.165) is 54.6 Å². The molecule has 1 fully saturated rings. The maximum absolute atomic E-state index is 5.67. The highest BCUT2D eigenvalue weighted by atomic mass is 16.6. The van der Waals surface area contributed by atoms with Gasteiger partial charge in [-0.15, -0.1) is 0 Å². The summed E-state index contributed by atoms with van der Waals surface area (Å²) in [5, 5.41) is 10.9. The lowest BCUT2D eigenvalue weighted by Crippen LogP contribution is -2.28. The highest BCUT2D eigenvalue weighted by Crippen LogP contribution is 2.34. The molecule has 1 atom stereocenters. The summed E-state index contributed by atoms with van der Waals surface area (Å²) in [5.74, 6) is 2.22. The number of nitrogens with zero attached hydrogens (tertiary/aromatic N) is 1. The van der Waals surface area contributed by atoms with Gasteiger partial charge in [0, 0.05) is 30.8 Å². The number of hydrogen-bond donors (Lipinski definition) is 2. The molecule has 1 aromatic carbocycles. The first kappa shape index (κ1) is 15.5. The van der Waals surface area contributed by atoms with E-state index in [4.69, 9.17) is 14.2 Å². The zero-order valence-electron chi connectivity index (χ0n) is 13.7. The van der Waals surface area contributed by atoms with Crippen molar-refractivity contribution < 1.29 is 14.2 Å². The minimum Gasteiger partial charge on any atom is -0.486 e. The molecule has 128 valence electrons. The topological polar surface area (TPSA) is 68.4 Å². The predicted molar refractivity (Wildman–Crippen MR) is 90.3 cm³/mol. The van der Waals surface area contributed by atoms with E-state index in [1.807, 2.05) is 24.4 Å². The van der Waals surface area contributed by atoms with E-state index in [1.165, 1.54) is 12.8 Å². The molecule has 2 aromatic rings. The van der Waals surface area contributed by atoms with Crippen molar-refractivity contribution in [1.82, 2.24) is 15.5 Å². The van der Waals surface area contributed by atoms with Crippen molar-refractivity contribution in [2.24, 2.45) is 5.92 Å². The van der Waals surface area contributed by atoms with Gasteiger partial charge in [0.05, 0.1) is 18.5 Å². The van der Waals surface area contributed by atoms with Gasteiger partial charge in [0.25, 0.3) is 0 Å². The Hall–Kier alpha value is -2.05. The van der Waals surface area contributed by atoms with Crippen LogP contribution in [0.15, 0.2) is 24.4 Å². The SMILES string of the molecule is c1cc2c(cc1-c1[nH]ncc1CNC[C@@H]1CCCOC1)OCCO2. The largest absolute Gasteiger partial charge is 0.486 e. The molecule has 2 aliphatic heterocycles. The van der Waals surface area contributed by atoms with Crippen LogP contribution in [0.2, 0.25) is 0 Å². The molecule has 0 saturated carbocycles. The van der Waals surface area contributed by atoms with Gasteiger partial charge in [-0.05, 0) is 37.0 Å². The van der Waals surface area contributed by atoms with Crippen LogP contribution in [0.25, 0.3) is 11.3 Å². The lowest BCUT2D eigenvalue weighted by atomic mass is 10.0. The average molecular weight is 329 g/mol. The summed E-state index contributed by atoms with van der Waals surface area (Å²) in [6.07, 6.45) is 4.30. The van der Waals surface area contributed by atoms with Crippen LogP contribution < -0.4 is 14.8 Å². The third kappa shape index (κ3) is 3.39. The zero-order chi connectivity index (χ0) is 16.2. The maximum atomic E-state index is 5.67. The Balaban J connectivity index is 1.42. The molecular formula is C18H23N3O3. The zero-order valence-corrected chi connectivity index (χ0v) is 13.7. The summed E-state index contributed by atoms with van der Waals surface area (Å²) < 4.78 is 16.8. The molecule has 6 nitrogen and oxygen atoms in total. The quantitative estimate of drug-likeness (QED) is 0.881. The number of hydrogen-bond acceptors (Lipinski definition) is 5. The minimum atomic E-state index is 0.595. The van der Waals surface area contributed by atoms with Gasteiger partial charge in [-0.25, -0.2) is 0 Å². The van der Waals surface area contributed by atoms with Crippen LogP contribution in [0.1, 0.15) is 18.4 Å². The van der Waals surface area contributed by atoms with Crippen molar-refractivity contribution in [3.8, 4) is 22.8 Å². The summed E-state index contributed by atoms with van der Waals surface area (Å²) in [6, 6.07) is 6.02. The highest BCUT2D eigenvalue weighted by molar-refractivity contribution is 5.66. The average Bonchev–Trinajstić information content (AvgIpc) is 3.11. The van der Waals surface area contributed by atoms with E-state index in [2.05, 4.69) is 15.5 Å². The first-order valence-corrected chi connectivity index (χ1v) is 8.61. The molecule has 24 heavy (non-hydrogen) atoms. The molecule has 1 saturated heterocycles. The van der Waals surface area contributed by atoms with E-state index in [-0.39, 0.29) is 0 Å².